The number of carboxylic acids is 1. The van der Waals surface area contributed by atoms with Crippen molar-refractivity contribution in [3.8, 4) is 0 Å². The van der Waals surface area contributed by atoms with Gasteiger partial charge in [0.25, 0.3) is 5.91 Å². The predicted octanol–water partition coefficient (Wildman–Crippen LogP) is 7.63. The lowest BCUT2D eigenvalue weighted by atomic mass is 9.66. The van der Waals surface area contributed by atoms with Crippen molar-refractivity contribution in [2.75, 3.05) is 13.1 Å². The Balaban J connectivity index is 1.69. The van der Waals surface area contributed by atoms with Crippen LogP contribution < -0.4 is 0 Å². The van der Waals surface area contributed by atoms with Crippen LogP contribution in [-0.4, -0.2) is 50.5 Å². The lowest BCUT2D eigenvalue weighted by Gasteiger charge is -2.44. The molecule has 2 aliphatic rings. The third-order valence-electron chi connectivity index (χ3n) is 8.99. The van der Waals surface area contributed by atoms with Crippen molar-refractivity contribution in [1.29, 1.82) is 0 Å². The summed E-state index contributed by atoms with van der Waals surface area (Å²) >= 11 is 12.6. The SMILES string of the molecule is CCC1(CN(CC(=O)c2c(Cl)cc(C)cc2Cl)C(=O)c2cnn([C@H]3CC[C@](C)(C(=O)O)CC3)c2C(F)(F)F)CCC1. The average molecular weight is 617 g/mol. The van der Waals surface area contributed by atoms with Crippen molar-refractivity contribution in [1.82, 2.24) is 14.7 Å². The Labute approximate surface area is 247 Å². The van der Waals surface area contributed by atoms with Gasteiger partial charge in [-0.1, -0.05) is 36.5 Å². The van der Waals surface area contributed by atoms with Gasteiger partial charge in [-0.05, 0) is 81.9 Å². The molecule has 1 N–H and O–H groups in total. The number of halogens is 5. The topological polar surface area (TPSA) is 92.5 Å². The Hall–Kier alpha value is -2.59. The highest BCUT2D eigenvalue weighted by Crippen LogP contribution is 2.46. The van der Waals surface area contributed by atoms with E-state index in [4.69, 9.17) is 23.2 Å². The number of amides is 1. The fourth-order valence-electron chi connectivity index (χ4n) is 6.07. The molecule has 1 aromatic carbocycles. The minimum atomic E-state index is -4.91. The second-order valence-electron chi connectivity index (χ2n) is 11.8. The van der Waals surface area contributed by atoms with E-state index in [0.29, 0.717) is 6.42 Å². The normalized spacial score (nSPS) is 22.2. The molecule has 0 radical (unpaired) electrons. The van der Waals surface area contributed by atoms with Crippen molar-refractivity contribution in [3.63, 3.8) is 0 Å². The third-order valence-corrected chi connectivity index (χ3v) is 9.59. The molecule has 0 spiro atoms. The Morgan fingerprint density at radius 1 is 1.12 bits per heavy atom. The highest BCUT2D eigenvalue weighted by atomic mass is 35.5. The number of benzene rings is 1. The average Bonchev–Trinajstić information content (AvgIpc) is 3.31. The fourth-order valence-corrected chi connectivity index (χ4v) is 6.88. The number of nitrogens with zero attached hydrogens (tertiary/aromatic N) is 3. The summed E-state index contributed by atoms with van der Waals surface area (Å²) in [7, 11) is 0. The van der Waals surface area contributed by atoms with Gasteiger partial charge in [0.2, 0.25) is 0 Å². The maximum absolute atomic E-state index is 14.5. The molecule has 2 saturated carbocycles. The molecule has 4 rings (SSSR count). The quantitative estimate of drug-likeness (QED) is 0.293. The molecule has 1 aromatic heterocycles. The zero-order valence-electron chi connectivity index (χ0n) is 23.3. The van der Waals surface area contributed by atoms with E-state index in [0.717, 1.165) is 35.7 Å². The molecule has 2 fully saturated rings. The largest absolute Gasteiger partial charge is 0.481 e. The van der Waals surface area contributed by atoms with Gasteiger partial charge >= 0.3 is 12.1 Å². The summed E-state index contributed by atoms with van der Waals surface area (Å²) in [5.74, 6) is -2.50. The third kappa shape index (κ3) is 6.28. The molecule has 2 aromatic rings. The van der Waals surface area contributed by atoms with Gasteiger partial charge in [-0.2, -0.15) is 18.3 Å². The molecule has 41 heavy (non-hydrogen) atoms. The molecule has 7 nitrogen and oxygen atoms in total. The van der Waals surface area contributed by atoms with Crippen LogP contribution in [0.4, 0.5) is 13.2 Å². The molecule has 0 bridgehead atoms. The standard InChI is InChI=1S/C29H34Cl2F3N3O4/c1-4-28(8-5-9-28)16-36(15-22(38)23-20(30)12-17(2)13-21(23)31)25(39)19-14-35-37(24(19)29(32,33)34)18-6-10-27(3,11-7-18)26(40)41/h12-14,18H,4-11,15-16H2,1-3H3,(H,40,41)/t18-,27-. The van der Waals surface area contributed by atoms with Crippen LogP contribution in [0.2, 0.25) is 10.0 Å². The second-order valence-corrected chi connectivity index (χ2v) is 12.7. The molecule has 224 valence electrons. The number of rotatable bonds is 9. The van der Waals surface area contributed by atoms with Crippen molar-refractivity contribution in [3.05, 3.63) is 50.8 Å². The lowest BCUT2D eigenvalue weighted by Crippen LogP contribution is -2.47. The molecular formula is C29H34Cl2F3N3O4. The summed E-state index contributed by atoms with van der Waals surface area (Å²) in [4.78, 5) is 40.1. The Morgan fingerprint density at radius 3 is 2.17 bits per heavy atom. The number of hydrogen-bond acceptors (Lipinski definition) is 4. The first-order valence-electron chi connectivity index (χ1n) is 13.8. The molecule has 2 aliphatic carbocycles. The first kappa shape index (κ1) is 31.3. The van der Waals surface area contributed by atoms with E-state index >= 15 is 0 Å². The van der Waals surface area contributed by atoms with Crippen LogP contribution in [0.25, 0.3) is 0 Å². The number of carbonyl (C=O) groups is 3. The number of aromatic nitrogens is 2. The van der Waals surface area contributed by atoms with E-state index in [2.05, 4.69) is 5.10 Å². The van der Waals surface area contributed by atoms with Crippen molar-refractivity contribution >= 4 is 40.9 Å². The molecule has 0 aliphatic heterocycles. The number of Topliss-reactive ketones (excluding diaryl/α,β-unsaturated/α-hetero) is 1. The molecule has 1 heterocycles. The smallest absolute Gasteiger partial charge is 0.433 e. The Morgan fingerprint density at radius 2 is 1.71 bits per heavy atom. The summed E-state index contributed by atoms with van der Waals surface area (Å²) in [6.45, 7) is 4.92. The van der Waals surface area contributed by atoms with E-state index in [1.165, 1.54) is 4.90 Å². The number of carboxylic acid groups (broad SMARTS) is 1. The van der Waals surface area contributed by atoms with E-state index in [9.17, 15) is 32.7 Å². The summed E-state index contributed by atoms with van der Waals surface area (Å²) in [5.41, 5.74) is -2.38. The van der Waals surface area contributed by atoms with Gasteiger partial charge in [-0.25, -0.2) is 0 Å². The summed E-state index contributed by atoms with van der Waals surface area (Å²) in [6.07, 6.45) is -0.0521. The zero-order valence-corrected chi connectivity index (χ0v) is 24.8. The van der Waals surface area contributed by atoms with Gasteiger partial charge in [-0.15, -0.1) is 0 Å². The minimum Gasteiger partial charge on any atom is -0.481 e. The highest BCUT2D eigenvalue weighted by Gasteiger charge is 2.46. The van der Waals surface area contributed by atoms with Gasteiger partial charge in [-0.3, -0.25) is 19.1 Å². The highest BCUT2D eigenvalue weighted by molar-refractivity contribution is 6.40. The molecule has 0 unspecified atom stereocenters. The van der Waals surface area contributed by atoms with Crippen LogP contribution in [0.3, 0.4) is 0 Å². The van der Waals surface area contributed by atoms with Crippen molar-refractivity contribution in [2.24, 2.45) is 10.8 Å². The van der Waals surface area contributed by atoms with Crippen LogP contribution >= 0.6 is 23.2 Å². The maximum atomic E-state index is 14.5. The number of carbonyl (C=O) groups excluding carboxylic acids is 2. The van der Waals surface area contributed by atoms with Crippen LogP contribution in [0.15, 0.2) is 18.3 Å². The lowest BCUT2D eigenvalue weighted by molar-refractivity contribution is -0.152. The van der Waals surface area contributed by atoms with E-state index < -0.39 is 53.1 Å². The molecule has 1 amide bonds. The summed E-state index contributed by atoms with van der Waals surface area (Å²) in [5, 5.41) is 13.7. The van der Waals surface area contributed by atoms with Gasteiger partial charge in [0, 0.05) is 6.54 Å². The Bertz CT molecular complexity index is 1320. The summed E-state index contributed by atoms with van der Waals surface area (Å²) < 4.78 is 44.4. The maximum Gasteiger partial charge on any atom is 0.433 e. The first-order valence-corrected chi connectivity index (χ1v) is 14.5. The van der Waals surface area contributed by atoms with Crippen LogP contribution in [0.5, 0.6) is 0 Å². The minimum absolute atomic E-state index is 0.0197. The molecule has 12 heteroatoms. The number of hydrogen-bond donors (Lipinski definition) is 1. The molecule has 0 atom stereocenters. The summed E-state index contributed by atoms with van der Waals surface area (Å²) in [6, 6.07) is 2.42. The number of aryl methyl sites for hydroxylation is 1. The van der Waals surface area contributed by atoms with Crippen molar-refractivity contribution in [2.45, 2.75) is 84.4 Å². The second kappa shape index (κ2) is 11.6. The monoisotopic (exact) mass is 615 g/mol. The Kier molecular flexibility index (Phi) is 8.86. The van der Waals surface area contributed by atoms with Crippen LogP contribution in [0, 0.1) is 17.8 Å². The van der Waals surface area contributed by atoms with Gasteiger partial charge in [0.15, 0.2) is 11.5 Å². The van der Waals surface area contributed by atoms with E-state index in [-0.39, 0.29) is 53.3 Å². The predicted molar refractivity (Wildman–Crippen MR) is 148 cm³/mol. The van der Waals surface area contributed by atoms with Crippen LogP contribution in [-0.2, 0) is 11.0 Å². The zero-order chi connectivity index (χ0) is 30.3. The van der Waals surface area contributed by atoms with Crippen molar-refractivity contribution < 1.29 is 32.7 Å². The molecule has 0 saturated heterocycles. The first-order chi connectivity index (χ1) is 19.1. The number of ketones is 1. The van der Waals surface area contributed by atoms with E-state index in [1.54, 1.807) is 26.0 Å². The van der Waals surface area contributed by atoms with E-state index in [1.807, 2.05) is 6.92 Å². The fraction of sp³-hybridized carbons (Fsp3) is 0.586. The number of aliphatic carboxylic acids is 1. The van der Waals surface area contributed by atoms with Crippen LogP contribution in [0.1, 0.15) is 103 Å². The van der Waals surface area contributed by atoms with Gasteiger partial charge in [0.1, 0.15) is 0 Å². The molecular weight excluding hydrogens is 582 g/mol. The van der Waals surface area contributed by atoms with Gasteiger partial charge < -0.3 is 10.0 Å². The number of alkyl halides is 3. The van der Waals surface area contributed by atoms with Gasteiger partial charge in [0.05, 0.1) is 45.4 Å².